The van der Waals surface area contributed by atoms with Crippen LogP contribution in [0.25, 0.3) is 0 Å². The molecule has 1 aromatic carbocycles. The van der Waals surface area contributed by atoms with E-state index in [1.165, 1.54) is 0 Å². The normalized spacial score (nSPS) is 10.4. The molecule has 98 valence electrons. The van der Waals surface area contributed by atoms with E-state index in [0.29, 0.717) is 5.56 Å². The molecule has 4 nitrogen and oxygen atoms in total. The molecule has 0 fully saturated rings. The summed E-state index contributed by atoms with van der Waals surface area (Å²) < 4.78 is 0.876. The molecule has 18 heavy (non-hydrogen) atoms. The number of carboxylic acid groups (broad SMARTS) is 1. The molecule has 0 aliphatic carbocycles. The van der Waals surface area contributed by atoms with Crippen LogP contribution in [0.4, 0.5) is 0 Å². The number of rotatable bonds is 5. The Balaban J connectivity index is 2.90. The second kappa shape index (κ2) is 6.72. The SMILES string of the molecule is CC(C)N(CCC(=O)O)C(=O)c1ccccc1I. The maximum atomic E-state index is 12.3. The van der Waals surface area contributed by atoms with Gasteiger partial charge in [0.1, 0.15) is 0 Å². The number of carbonyl (C=O) groups excluding carboxylic acids is 1. The Morgan fingerprint density at radius 2 is 1.94 bits per heavy atom. The summed E-state index contributed by atoms with van der Waals surface area (Å²) in [5, 5.41) is 8.71. The van der Waals surface area contributed by atoms with Crippen LogP contribution in [-0.4, -0.2) is 34.5 Å². The first-order valence-corrected chi connectivity index (χ1v) is 6.78. The van der Waals surface area contributed by atoms with Gasteiger partial charge in [0.25, 0.3) is 5.91 Å². The van der Waals surface area contributed by atoms with Crippen molar-refractivity contribution in [3.8, 4) is 0 Å². The third-order valence-corrected chi connectivity index (χ3v) is 3.50. The standard InChI is InChI=1S/C13H16INO3/c1-9(2)15(8-7-12(16)17)13(18)10-5-3-4-6-11(10)14/h3-6,9H,7-8H2,1-2H3,(H,16,17). The summed E-state index contributed by atoms with van der Waals surface area (Å²) in [6, 6.07) is 7.29. The van der Waals surface area contributed by atoms with Gasteiger partial charge in [-0.3, -0.25) is 9.59 Å². The summed E-state index contributed by atoms with van der Waals surface area (Å²) in [6.07, 6.45) is -0.0344. The van der Waals surface area contributed by atoms with Gasteiger partial charge >= 0.3 is 5.97 Å². The Labute approximate surface area is 120 Å². The summed E-state index contributed by atoms with van der Waals surface area (Å²) in [5.41, 5.74) is 0.622. The predicted octanol–water partition coefficient (Wildman–Crippen LogP) is 2.62. The van der Waals surface area contributed by atoms with Gasteiger partial charge in [0.05, 0.1) is 12.0 Å². The van der Waals surface area contributed by atoms with Gasteiger partial charge in [-0.2, -0.15) is 0 Å². The Kier molecular flexibility index (Phi) is 5.58. The molecular formula is C13H16INO3. The van der Waals surface area contributed by atoms with E-state index in [4.69, 9.17) is 5.11 Å². The monoisotopic (exact) mass is 361 g/mol. The zero-order valence-corrected chi connectivity index (χ0v) is 12.5. The van der Waals surface area contributed by atoms with E-state index in [1.54, 1.807) is 11.0 Å². The van der Waals surface area contributed by atoms with Crippen LogP contribution in [-0.2, 0) is 4.79 Å². The van der Waals surface area contributed by atoms with Gasteiger partial charge in [-0.1, -0.05) is 12.1 Å². The quantitative estimate of drug-likeness (QED) is 0.821. The van der Waals surface area contributed by atoms with E-state index in [2.05, 4.69) is 22.6 Å². The maximum Gasteiger partial charge on any atom is 0.305 e. The van der Waals surface area contributed by atoms with E-state index in [9.17, 15) is 9.59 Å². The highest BCUT2D eigenvalue weighted by Gasteiger charge is 2.20. The highest BCUT2D eigenvalue weighted by molar-refractivity contribution is 14.1. The molecule has 1 aromatic rings. The third kappa shape index (κ3) is 3.97. The van der Waals surface area contributed by atoms with Crippen molar-refractivity contribution in [3.05, 3.63) is 33.4 Å². The molecule has 0 saturated heterocycles. The number of benzene rings is 1. The number of hydrogen-bond acceptors (Lipinski definition) is 2. The molecule has 0 radical (unpaired) electrons. The minimum absolute atomic E-state index is 0.0205. The average molecular weight is 361 g/mol. The minimum atomic E-state index is -0.892. The van der Waals surface area contributed by atoms with Gasteiger partial charge < -0.3 is 10.0 Å². The number of carbonyl (C=O) groups is 2. The molecule has 0 bridgehead atoms. The molecule has 0 atom stereocenters. The van der Waals surface area contributed by atoms with Crippen LogP contribution in [0.3, 0.4) is 0 Å². The number of aliphatic carboxylic acids is 1. The highest BCUT2D eigenvalue weighted by Crippen LogP contribution is 2.15. The van der Waals surface area contributed by atoms with Crippen LogP contribution in [0.5, 0.6) is 0 Å². The van der Waals surface area contributed by atoms with Crippen LogP contribution >= 0.6 is 22.6 Å². The summed E-state index contributed by atoms with van der Waals surface area (Å²) in [7, 11) is 0. The van der Waals surface area contributed by atoms with Crippen molar-refractivity contribution in [2.45, 2.75) is 26.3 Å². The van der Waals surface area contributed by atoms with Gasteiger partial charge in [-0.15, -0.1) is 0 Å². The first kappa shape index (κ1) is 14.9. The Morgan fingerprint density at radius 1 is 1.33 bits per heavy atom. The molecule has 0 unspecified atom stereocenters. The number of hydrogen-bond donors (Lipinski definition) is 1. The van der Waals surface area contributed by atoms with Crippen molar-refractivity contribution in [2.75, 3.05) is 6.54 Å². The van der Waals surface area contributed by atoms with E-state index < -0.39 is 5.97 Å². The number of halogens is 1. The number of nitrogens with zero attached hydrogens (tertiary/aromatic N) is 1. The van der Waals surface area contributed by atoms with Crippen LogP contribution in [0, 0.1) is 3.57 Å². The lowest BCUT2D eigenvalue weighted by Crippen LogP contribution is -2.38. The molecule has 0 heterocycles. The van der Waals surface area contributed by atoms with Crippen LogP contribution in [0.1, 0.15) is 30.6 Å². The summed E-state index contributed by atoms with van der Waals surface area (Å²) in [6.45, 7) is 4.00. The second-order valence-electron chi connectivity index (χ2n) is 4.22. The Morgan fingerprint density at radius 3 is 2.44 bits per heavy atom. The van der Waals surface area contributed by atoms with Crippen molar-refractivity contribution < 1.29 is 14.7 Å². The van der Waals surface area contributed by atoms with Crippen LogP contribution < -0.4 is 0 Å². The topological polar surface area (TPSA) is 57.6 Å². The molecule has 0 aromatic heterocycles. The highest BCUT2D eigenvalue weighted by atomic mass is 127. The zero-order valence-electron chi connectivity index (χ0n) is 10.4. The lowest BCUT2D eigenvalue weighted by Gasteiger charge is -2.26. The van der Waals surface area contributed by atoms with Gasteiger partial charge in [-0.05, 0) is 48.6 Å². The lowest BCUT2D eigenvalue weighted by molar-refractivity contribution is -0.137. The molecule has 0 aliphatic rings. The fourth-order valence-corrected chi connectivity index (χ4v) is 2.22. The van der Waals surface area contributed by atoms with E-state index in [-0.39, 0.29) is 24.9 Å². The first-order chi connectivity index (χ1) is 8.43. The van der Waals surface area contributed by atoms with Gasteiger partial charge in [0, 0.05) is 16.2 Å². The minimum Gasteiger partial charge on any atom is -0.481 e. The molecule has 0 saturated carbocycles. The van der Waals surface area contributed by atoms with E-state index in [1.807, 2.05) is 32.0 Å². The average Bonchev–Trinajstić information content (AvgIpc) is 2.28. The van der Waals surface area contributed by atoms with Crippen LogP contribution in [0.2, 0.25) is 0 Å². The number of carboxylic acids is 1. The molecule has 0 aliphatic heterocycles. The van der Waals surface area contributed by atoms with Crippen molar-refractivity contribution >= 4 is 34.5 Å². The van der Waals surface area contributed by atoms with Crippen molar-refractivity contribution in [2.24, 2.45) is 0 Å². The molecule has 1 N–H and O–H groups in total. The Hall–Kier alpha value is -1.11. The molecule has 0 spiro atoms. The van der Waals surface area contributed by atoms with Crippen molar-refractivity contribution in [3.63, 3.8) is 0 Å². The van der Waals surface area contributed by atoms with Crippen molar-refractivity contribution in [1.82, 2.24) is 4.90 Å². The molecular weight excluding hydrogens is 345 g/mol. The summed E-state index contributed by atoms with van der Waals surface area (Å²) in [5.74, 6) is -1.01. The zero-order chi connectivity index (χ0) is 13.7. The molecule has 5 heteroatoms. The smallest absolute Gasteiger partial charge is 0.305 e. The van der Waals surface area contributed by atoms with Gasteiger partial charge in [-0.25, -0.2) is 0 Å². The van der Waals surface area contributed by atoms with Crippen LogP contribution in [0.15, 0.2) is 24.3 Å². The van der Waals surface area contributed by atoms with Gasteiger partial charge in [0.15, 0.2) is 0 Å². The lowest BCUT2D eigenvalue weighted by atomic mass is 10.1. The maximum absolute atomic E-state index is 12.3. The second-order valence-corrected chi connectivity index (χ2v) is 5.38. The fourth-order valence-electron chi connectivity index (χ4n) is 1.60. The molecule has 1 rings (SSSR count). The Bertz CT molecular complexity index is 446. The summed E-state index contributed by atoms with van der Waals surface area (Å²) in [4.78, 5) is 24.5. The van der Waals surface area contributed by atoms with Crippen molar-refractivity contribution in [1.29, 1.82) is 0 Å². The summed E-state index contributed by atoms with van der Waals surface area (Å²) >= 11 is 2.11. The van der Waals surface area contributed by atoms with Gasteiger partial charge in [0.2, 0.25) is 0 Å². The van der Waals surface area contributed by atoms with E-state index >= 15 is 0 Å². The molecule has 1 amide bonds. The first-order valence-electron chi connectivity index (χ1n) is 5.70. The third-order valence-electron chi connectivity index (χ3n) is 2.56. The van der Waals surface area contributed by atoms with E-state index in [0.717, 1.165) is 3.57 Å². The largest absolute Gasteiger partial charge is 0.481 e. The fraction of sp³-hybridized carbons (Fsp3) is 0.385. The predicted molar refractivity (Wildman–Crippen MR) is 77.6 cm³/mol. The number of amides is 1.